The minimum Gasteiger partial charge on any atom is -0.351 e. The molecule has 0 unspecified atom stereocenters. The first-order valence-electron chi connectivity index (χ1n) is 11.9. The van der Waals surface area contributed by atoms with Crippen LogP contribution in [0.5, 0.6) is 0 Å². The molecule has 4 aromatic rings. The molecule has 0 bridgehead atoms. The molecule has 2 aromatic carbocycles. The van der Waals surface area contributed by atoms with Gasteiger partial charge in [0.2, 0.25) is 0 Å². The van der Waals surface area contributed by atoms with Crippen molar-refractivity contribution in [1.29, 1.82) is 0 Å². The summed E-state index contributed by atoms with van der Waals surface area (Å²) in [5.74, 6) is 0. The molecule has 4 nitrogen and oxygen atoms in total. The van der Waals surface area contributed by atoms with E-state index >= 15 is 0 Å². The van der Waals surface area contributed by atoms with E-state index in [1.807, 2.05) is 30.5 Å². The summed E-state index contributed by atoms with van der Waals surface area (Å²) in [5.41, 5.74) is 9.05. The summed E-state index contributed by atoms with van der Waals surface area (Å²) in [6.45, 7) is 8.57. The monoisotopic (exact) mass is 500 g/mol. The highest BCUT2D eigenvalue weighted by Crippen LogP contribution is 2.44. The van der Waals surface area contributed by atoms with E-state index in [-0.39, 0.29) is 12.1 Å². The van der Waals surface area contributed by atoms with Crippen molar-refractivity contribution in [3.8, 4) is 5.69 Å². The topological polar surface area (TPSA) is 33.1 Å². The Hall–Kier alpha value is -3.15. The number of halogens is 1. The minimum absolute atomic E-state index is 0.0516. The van der Waals surface area contributed by atoms with Crippen LogP contribution in [0.1, 0.15) is 52.8 Å². The lowest BCUT2D eigenvalue weighted by atomic mass is 9.96. The SMILES string of the molecule is CCc1ccc(N2C(=S)N[C@@H](c3ccccn3)[C@@H]2c2cc(C)n(-c3cccc(Cl)c3C)c2C)cc1. The van der Waals surface area contributed by atoms with E-state index in [1.54, 1.807) is 0 Å². The molecule has 0 aliphatic carbocycles. The molecule has 2 aromatic heterocycles. The Morgan fingerprint density at radius 1 is 1.00 bits per heavy atom. The Bertz CT molecular complexity index is 1380. The van der Waals surface area contributed by atoms with Crippen LogP contribution in [0.25, 0.3) is 5.69 Å². The van der Waals surface area contributed by atoms with Crippen LogP contribution in [0, 0.1) is 20.8 Å². The summed E-state index contributed by atoms with van der Waals surface area (Å²) in [5, 5.41) is 5.05. The fourth-order valence-electron chi connectivity index (χ4n) is 5.14. The summed E-state index contributed by atoms with van der Waals surface area (Å²) in [6.07, 6.45) is 2.84. The molecule has 0 spiro atoms. The van der Waals surface area contributed by atoms with Gasteiger partial charge in [-0.3, -0.25) is 4.98 Å². The number of pyridine rings is 1. The third-order valence-electron chi connectivity index (χ3n) is 6.99. The predicted molar refractivity (Wildman–Crippen MR) is 149 cm³/mol. The lowest BCUT2D eigenvalue weighted by Crippen LogP contribution is -2.29. The van der Waals surface area contributed by atoms with Crippen molar-refractivity contribution in [1.82, 2.24) is 14.9 Å². The summed E-state index contributed by atoms with van der Waals surface area (Å²) < 4.78 is 2.30. The van der Waals surface area contributed by atoms with Crippen LogP contribution < -0.4 is 10.2 Å². The van der Waals surface area contributed by atoms with Gasteiger partial charge in [-0.25, -0.2) is 0 Å². The van der Waals surface area contributed by atoms with E-state index in [0.29, 0.717) is 5.11 Å². The van der Waals surface area contributed by atoms with E-state index in [0.717, 1.165) is 39.8 Å². The third-order valence-corrected chi connectivity index (χ3v) is 7.71. The zero-order valence-electron chi connectivity index (χ0n) is 20.4. The highest BCUT2D eigenvalue weighted by atomic mass is 35.5. The van der Waals surface area contributed by atoms with Crippen LogP contribution in [-0.2, 0) is 6.42 Å². The van der Waals surface area contributed by atoms with Crippen LogP contribution >= 0.6 is 23.8 Å². The molecule has 1 aliphatic rings. The molecule has 3 heterocycles. The molecule has 0 radical (unpaired) electrons. The summed E-state index contributed by atoms with van der Waals surface area (Å²) in [4.78, 5) is 6.94. The zero-order chi connectivity index (χ0) is 24.7. The van der Waals surface area contributed by atoms with Crippen LogP contribution in [0.2, 0.25) is 5.02 Å². The van der Waals surface area contributed by atoms with Crippen molar-refractivity contribution >= 4 is 34.6 Å². The molecule has 178 valence electrons. The highest BCUT2D eigenvalue weighted by Gasteiger charge is 2.42. The Kier molecular flexibility index (Phi) is 6.39. The highest BCUT2D eigenvalue weighted by molar-refractivity contribution is 7.80. The fourth-order valence-corrected chi connectivity index (χ4v) is 5.65. The second kappa shape index (κ2) is 9.48. The molecule has 1 N–H and O–H groups in total. The maximum absolute atomic E-state index is 6.50. The van der Waals surface area contributed by atoms with Gasteiger partial charge in [-0.15, -0.1) is 0 Å². The molecule has 6 heteroatoms. The number of thiocarbonyl (C=S) groups is 1. The molecule has 1 fully saturated rings. The van der Waals surface area contributed by atoms with Crippen LogP contribution in [0.4, 0.5) is 5.69 Å². The first-order chi connectivity index (χ1) is 16.9. The molecule has 1 aliphatic heterocycles. The van der Waals surface area contributed by atoms with Crippen molar-refractivity contribution in [2.75, 3.05) is 4.90 Å². The van der Waals surface area contributed by atoms with E-state index in [9.17, 15) is 0 Å². The molecule has 35 heavy (non-hydrogen) atoms. The number of aromatic nitrogens is 2. The largest absolute Gasteiger partial charge is 0.351 e. The van der Waals surface area contributed by atoms with Crippen molar-refractivity contribution in [3.05, 3.63) is 112 Å². The number of anilines is 1. The third kappa shape index (κ3) is 4.13. The lowest BCUT2D eigenvalue weighted by Gasteiger charge is -2.28. The van der Waals surface area contributed by atoms with Crippen molar-refractivity contribution in [3.63, 3.8) is 0 Å². The average Bonchev–Trinajstić information content (AvgIpc) is 3.36. The fraction of sp³-hybridized carbons (Fsp3) is 0.241. The lowest BCUT2D eigenvalue weighted by molar-refractivity contribution is 0.565. The molecule has 2 atom stereocenters. The van der Waals surface area contributed by atoms with Gasteiger partial charge in [0.1, 0.15) is 0 Å². The van der Waals surface area contributed by atoms with Gasteiger partial charge >= 0.3 is 0 Å². The van der Waals surface area contributed by atoms with Crippen LogP contribution in [0.3, 0.4) is 0 Å². The summed E-state index contributed by atoms with van der Waals surface area (Å²) >= 11 is 12.4. The van der Waals surface area contributed by atoms with Crippen molar-refractivity contribution < 1.29 is 0 Å². The van der Waals surface area contributed by atoms with E-state index < -0.39 is 0 Å². The number of rotatable bonds is 5. The molecular weight excluding hydrogens is 472 g/mol. The van der Waals surface area contributed by atoms with E-state index in [4.69, 9.17) is 28.8 Å². The molecule has 5 rings (SSSR count). The van der Waals surface area contributed by atoms with Gasteiger partial charge in [0, 0.05) is 34.0 Å². The van der Waals surface area contributed by atoms with E-state index in [2.05, 4.69) is 84.9 Å². The number of aryl methyl sites for hydroxylation is 2. The zero-order valence-corrected chi connectivity index (χ0v) is 22.0. The Morgan fingerprint density at radius 2 is 1.77 bits per heavy atom. The van der Waals surface area contributed by atoms with E-state index in [1.165, 1.54) is 16.8 Å². The summed E-state index contributed by atoms with van der Waals surface area (Å²) in [6, 6.07) is 23.0. The van der Waals surface area contributed by atoms with Crippen LogP contribution in [0.15, 0.2) is 72.9 Å². The maximum atomic E-state index is 6.50. The molecule has 0 amide bonds. The smallest absolute Gasteiger partial charge is 0.174 e. The van der Waals surface area contributed by atoms with Crippen molar-refractivity contribution in [2.24, 2.45) is 0 Å². The van der Waals surface area contributed by atoms with Gasteiger partial charge in [0.25, 0.3) is 0 Å². The van der Waals surface area contributed by atoms with Gasteiger partial charge in [-0.1, -0.05) is 42.8 Å². The first kappa shape index (κ1) is 23.6. The maximum Gasteiger partial charge on any atom is 0.174 e. The quantitative estimate of drug-likeness (QED) is 0.294. The second-order valence-electron chi connectivity index (χ2n) is 9.06. The van der Waals surface area contributed by atoms with Gasteiger partial charge in [-0.05, 0) is 98.6 Å². The van der Waals surface area contributed by atoms with Gasteiger partial charge in [0.15, 0.2) is 5.11 Å². The van der Waals surface area contributed by atoms with Gasteiger partial charge < -0.3 is 14.8 Å². The Balaban J connectivity index is 1.68. The number of nitrogens with one attached hydrogen (secondary N) is 1. The Morgan fingerprint density at radius 3 is 2.46 bits per heavy atom. The molecule has 0 saturated carbocycles. The summed E-state index contributed by atoms with van der Waals surface area (Å²) in [7, 11) is 0. The van der Waals surface area contributed by atoms with Crippen molar-refractivity contribution in [2.45, 2.75) is 46.2 Å². The van der Waals surface area contributed by atoms with Gasteiger partial charge in [-0.2, -0.15) is 0 Å². The number of hydrogen-bond donors (Lipinski definition) is 1. The standard InChI is InChI=1S/C29H29ClN4S/c1-5-21-12-14-22(15-13-21)34-28(27(32-29(34)35)25-10-6-7-16-31-25)23-17-18(2)33(20(23)4)26-11-8-9-24(30)19(26)3/h6-17,27-28H,5H2,1-4H3,(H,32,35)/t27-,28-/m0/s1. The normalized spacial score (nSPS) is 17.6. The molecule has 1 saturated heterocycles. The molecular formula is C29H29ClN4S. The Labute approximate surface area is 217 Å². The van der Waals surface area contributed by atoms with Crippen LogP contribution in [-0.4, -0.2) is 14.7 Å². The van der Waals surface area contributed by atoms with Gasteiger partial charge in [0.05, 0.1) is 17.8 Å². The number of benzene rings is 2. The minimum atomic E-state index is -0.0797. The average molecular weight is 501 g/mol. The number of nitrogens with zero attached hydrogens (tertiary/aromatic N) is 3. The number of hydrogen-bond acceptors (Lipinski definition) is 2. The second-order valence-corrected chi connectivity index (χ2v) is 9.86. The first-order valence-corrected chi connectivity index (χ1v) is 12.7. The predicted octanol–water partition coefficient (Wildman–Crippen LogP) is 7.19.